The zero-order chi connectivity index (χ0) is 26.8. The molecule has 3 aromatic rings. The fourth-order valence-electron chi connectivity index (χ4n) is 3.80. The maximum atomic E-state index is 13.2. The van der Waals surface area contributed by atoms with Crippen LogP contribution in [0.5, 0.6) is 23.0 Å². The SMILES string of the molecule is CCOc1cc(/C=C2\C(=O)NC(=O)N(c3ccc(I)cc3)C2=O)ccc1OC(=O)c1ccc2c(c1)OCO2. The number of carbonyl (C=O) groups excluding carboxylic acids is 4. The normalized spacial score (nSPS) is 15.5. The van der Waals surface area contributed by atoms with Gasteiger partial charge in [-0.3, -0.25) is 14.9 Å². The number of benzene rings is 3. The summed E-state index contributed by atoms with van der Waals surface area (Å²) in [6.07, 6.45) is 1.34. The van der Waals surface area contributed by atoms with Gasteiger partial charge < -0.3 is 18.9 Å². The largest absolute Gasteiger partial charge is 0.490 e. The number of fused-ring (bicyclic) bond motifs is 1. The third kappa shape index (κ3) is 5.05. The first-order valence-corrected chi connectivity index (χ1v) is 12.5. The Hall–Kier alpha value is -4.39. The molecule has 0 saturated carbocycles. The Labute approximate surface area is 230 Å². The van der Waals surface area contributed by atoms with E-state index in [9.17, 15) is 19.2 Å². The lowest BCUT2D eigenvalue weighted by molar-refractivity contribution is -0.122. The Morgan fingerprint density at radius 3 is 2.53 bits per heavy atom. The lowest BCUT2D eigenvalue weighted by Crippen LogP contribution is -2.54. The molecule has 5 rings (SSSR count). The van der Waals surface area contributed by atoms with Crippen molar-refractivity contribution in [3.63, 3.8) is 0 Å². The fourth-order valence-corrected chi connectivity index (χ4v) is 4.16. The van der Waals surface area contributed by atoms with Crippen molar-refractivity contribution in [2.45, 2.75) is 6.92 Å². The molecule has 2 aliphatic heterocycles. The molecule has 1 N–H and O–H groups in total. The van der Waals surface area contributed by atoms with Gasteiger partial charge >= 0.3 is 12.0 Å². The quantitative estimate of drug-likeness (QED) is 0.141. The van der Waals surface area contributed by atoms with E-state index < -0.39 is 23.8 Å². The van der Waals surface area contributed by atoms with Crippen LogP contribution < -0.4 is 29.2 Å². The summed E-state index contributed by atoms with van der Waals surface area (Å²) < 4.78 is 22.7. The molecule has 2 heterocycles. The summed E-state index contributed by atoms with van der Waals surface area (Å²) in [6.45, 7) is 2.11. The van der Waals surface area contributed by atoms with Gasteiger partial charge in [0.05, 0.1) is 17.9 Å². The third-order valence-corrected chi connectivity index (χ3v) is 6.30. The van der Waals surface area contributed by atoms with E-state index in [0.717, 1.165) is 8.47 Å². The molecule has 1 fully saturated rings. The van der Waals surface area contributed by atoms with Crippen LogP contribution in [0.3, 0.4) is 0 Å². The average Bonchev–Trinajstić information content (AvgIpc) is 3.37. The number of rotatable bonds is 6. The standard InChI is InChI=1S/C27H19IN2O8/c1-2-35-22-12-15(3-9-21(22)38-26(33)16-4-10-20-23(13-16)37-14-36-20)11-19-24(31)29-27(34)30(25(19)32)18-7-5-17(28)6-8-18/h3-13H,2,14H2,1H3,(H,29,31,34)/b19-11+. The van der Waals surface area contributed by atoms with Crippen molar-refractivity contribution in [2.24, 2.45) is 0 Å². The molecule has 0 unspecified atom stereocenters. The minimum absolute atomic E-state index is 0.0798. The first kappa shape index (κ1) is 25.3. The number of anilines is 1. The fraction of sp³-hybridized carbons (Fsp3) is 0.111. The topological polar surface area (TPSA) is 120 Å². The number of nitrogens with zero attached hydrogens (tertiary/aromatic N) is 1. The monoisotopic (exact) mass is 626 g/mol. The van der Waals surface area contributed by atoms with Crippen LogP contribution >= 0.6 is 22.6 Å². The Morgan fingerprint density at radius 2 is 1.76 bits per heavy atom. The molecule has 0 aliphatic carbocycles. The molecule has 0 bridgehead atoms. The number of hydrogen-bond acceptors (Lipinski definition) is 8. The van der Waals surface area contributed by atoms with E-state index >= 15 is 0 Å². The van der Waals surface area contributed by atoms with E-state index in [-0.39, 0.29) is 36.0 Å². The Bertz CT molecular complexity index is 1500. The molecular formula is C27H19IN2O8. The molecule has 38 heavy (non-hydrogen) atoms. The van der Waals surface area contributed by atoms with Crippen molar-refractivity contribution in [1.29, 1.82) is 0 Å². The smallest absolute Gasteiger partial charge is 0.343 e. The molecule has 11 heteroatoms. The lowest BCUT2D eigenvalue weighted by atomic mass is 10.1. The predicted octanol–water partition coefficient (Wildman–Crippen LogP) is 4.30. The molecule has 4 amide bonds. The van der Waals surface area contributed by atoms with E-state index in [4.69, 9.17) is 18.9 Å². The van der Waals surface area contributed by atoms with E-state index in [1.807, 2.05) is 0 Å². The summed E-state index contributed by atoms with van der Waals surface area (Å²) >= 11 is 2.11. The van der Waals surface area contributed by atoms with Gasteiger partial charge in [-0.25, -0.2) is 14.5 Å². The van der Waals surface area contributed by atoms with E-state index in [2.05, 4.69) is 27.9 Å². The Morgan fingerprint density at radius 1 is 1.00 bits per heavy atom. The highest BCUT2D eigenvalue weighted by molar-refractivity contribution is 14.1. The third-order valence-electron chi connectivity index (χ3n) is 5.58. The van der Waals surface area contributed by atoms with Gasteiger partial charge in [0.25, 0.3) is 11.8 Å². The lowest BCUT2D eigenvalue weighted by Gasteiger charge is -2.26. The van der Waals surface area contributed by atoms with E-state index in [1.165, 1.54) is 24.3 Å². The number of imide groups is 2. The molecule has 10 nitrogen and oxygen atoms in total. The number of hydrogen-bond donors (Lipinski definition) is 1. The van der Waals surface area contributed by atoms with Gasteiger partial charge in [0.1, 0.15) is 5.57 Å². The maximum absolute atomic E-state index is 13.2. The summed E-state index contributed by atoms with van der Waals surface area (Å²) in [7, 11) is 0. The van der Waals surface area contributed by atoms with Gasteiger partial charge in [0.2, 0.25) is 6.79 Å². The summed E-state index contributed by atoms with van der Waals surface area (Å²) in [5.74, 6) is -0.868. The number of esters is 1. The van der Waals surface area contributed by atoms with Gasteiger partial charge in [-0.1, -0.05) is 6.07 Å². The highest BCUT2D eigenvalue weighted by Crippen LogP contribution is 2.34. The molecule has 192 valence electrons. The second kappa shape index (κ2) is 10.5. The second-order valence-corrected chi connectivity index (χ2v) is 9.28. The van der Waals surface area contributed by atoms with Crippen LogP contribution in [0.25, 0.3) is 6.08 Å². The summed E-state index contributed by atoms with van der Waals surface area (Å²) in [4.78, 5) is 51.8. The number of nitrogens with one attached hydrogen (secondary N) is 1. The van der Waals surface area contributed by atoms with Crippen molar-refractivity contribution in [1.82, 2.24) is 5.32 Å². The Kier molecular flexibility index (Phi) is 7.01. The second-order valence-electron chi connectivity index (χ2n) is 8.03. The molecule has 1 saturated heterocycles. The highest BCUT2D eigenvalue weighted by atomic mass is 127. The molecule has 0 radical (unpaired) electrons. The molecule has 0 spiro atoms. The zero-order valence-electron chi connectivity index (χ0n) is 19.9. The van der Waals surface area contributed by atoms with Gasteiger partial charge in [0.15, 0.2) is 23.0 Å². The molecule has 2 aliphatic rings. The van der Waals surface area contributed by atoms with Crippen molar-refractivity contribution in [3.05, 3.63) is 80.9 Å². The van der Waals surface area contributed by atoms with E-state index in [1.54, 1.807) is 49.4 Å². The summed E-state index contributed by atoms with van der Waals surface area (Å²) in [5, 5.41) is 2.19. The van der Waals surface area contributed by atoms with Crippen LogP contribution in [0.1, 0.15) is 22.8 Å². The summed E-state index contributed by atoms with van der Waals surface area (Å²) in [5.41, 5.74) is 0.766. The van der Waals surface area contributed by atoms with Crippen LogP contribution in [0.4, 0.5) is 10.5 Å². The number of urea groups is 1. The van der Waals surface area contributed by atoms with Crippen molar-refractivity contribution >= 4 is 58.2 Å². The van der Waals surface area contributed by atoms with Gasteiger partial charge in [-0.05, 0) is 95.8 Å². The minimum atomic E-state index is -0.834. The first-order valence-electron chi connectivity index (χ1n) is 11.4. The number of carbonyl (C=O) groups is 4. The highest BCUT2D eigenvalue weighted by Gasteiger charge is 2.36. The van der Waals surface area contributed by atoms with Crippen LogP contribution in [0, 0.1) is 3.57 Å². The molecule has 0 atom stereocenters. The van der Waals surface area contributed by atoms with Crippen molar-refractivity contribution < 1.29 is 38.1 Å². The number of ether oxygens (including phenoxy) is 4. The molecule has 0 aromatic heterocycles. The van der Waals surface area contributed by atoms with Crippen molar-refractivity contribution in [2.75, 3.05) is 18.3 Å². The summed E-state index contributed by atoms with van der Waals surface area (Å²) in [6, 6.07) is 15.2. The van der Waals surface area contributed by atoms with Crippen LogP contribution in [-0.4, -0.2) is 37.2 Å². The van der Waals surface area contributed by atoms with Gasteiger partial charge in [-0.15, -0.1) is 0 Å². The predicted molar refractivity (Wildman–Crippen MR) is 143 cm³/mol. The minimum Gasteiger partial charge on any atom is -0.490 e. The zero-order valence-corrected chi connectivity index (χ0v) is 22.0. The number of barbiturate groups is 1. The number of amides is 4. The van der Waals surface area contributed by atoms with Crippen LogP contribution in [-0.2, 0) is 9.59 Å². The molecular weight excluding hydrogens is 607 g/mol. The van der Waals surface area contributed by atoms with Gasteiger partial charge in [-0.2, -0.15) is 0 Å². The van der Waals surface area contributed by atoms with Crippen LogP contribution in [0.15, 0.2) is 66.2 Å². The Balaban J connectivity index is 1.41. The van der Waals surface area contributed by atoms with E-state index in [0.29, 0.717) is 22.7 Å². The molecule has 3 aromatic carbocycles. The number of halogens is 1. The average molecular weight is 626 g/mol. The van der Waals surface area contributed by atoms with Crippen molar-refractivity contribution in [3.8, 4) is 23.0 Å². The maximum Gasteiger partial charge on any atom is 0.343 e. The van der Waals surface area contributed by atoms with Gasteiger partial charge in [0, 0.05) is 3.57 Å². The first-order chi connectivity index (χ1) is 18.3. The van der Waals surface area contributed by atoms with Crippen LogP contribution in [0.2, 0.25) is 0 Å².